The molecular weight excluding hydrogens is 228 g/mol. The third kappa shape index (κ3) is 2.02. The zero-order chi connectivity index (χ0) is 13.5. The minimum Gasteiger partial charge on any atom is -0.478 e. The Morgan fingerprint density at radius 2 is 2.22 bits per heavy atom. The van der Waals surface area contributed by atoms with Crippen LogP contribution in [-0.4, -0.2) is 16.9 Å². The Labute approximate surface area is 108 Å². The second-order valence-corrected chi connectivity index (χ2v) is 5.94. The van der Waals surface area contributed by atoms with Crippen LogP contribution in [0, 0.1) is 23.2 Å². The van der Waals surface area contributed by atoms with Crippen molar-refractivity contribution in [3.8, 4) is 0 Å². The smallest absolute Gasteiger partial charge is 0.331 e. The van der Waals surface area contributed by atoms with Crippen molar-refractivity contribution < 1.29 is 14.7 Å². The lowest BCUT2D eigenvalue weighted by atomic mass is 9.57. The van der Waals surface area contributed by atoms with Gasteiger partial charge in [0.05, 0.1) is 0 Å². The predicted molar refractivity (Wildman–Crippen MR) is 69.0 cm³/mol. The van der Waals surface area contributed by atoms with Gasteiger partial charge in [-0.1, -0.05) is 26.5 Å². The van der Waals surface area contributed by atoms with E-state index >= 15 is 0 Å². The highest BCUT2D eigenvalue weighted by Crippen LogP contribution is 2.51. The molecule has 0 aromatic carbocycles. The van der Waals surface area contributed by atoms with Crippen LogP contribution in [0.1, 0.15) is 33.1 Å². The van der Waals surface area contributed by atoms with Crippen molar-refractivity contribution in [1.29, 1.82) is 0 Å². The molecule has 3 heteroatoms. The zero-order valence-corrected chi connectivity index (χ0v) is 11.0. The van der Waals surface area contributed by atoms with E-state index in [-0.39, 0.29) is 29.0 Å². The second kappa shape index (κ2) is 4.38. The van der Waals surface area contributed by atoms with Crippen molar-refractivity contribution in [2.45, 2.75) is 33.1 Å². The summed E-state index contributed by atoms with van der Waals surface area (Å²) in [5, 5.41) is 9.03. The van der Waals surface area contributed by atoms with Gasteiger partial charge in [0.15, 0.2) is 5.78 Å². The van der Waals surface area contributed by atoms with Gasteiger partial charge >= 0.3 is 5.97 Å². The minimum atomic E-state index is -0.908. The first-order valence-electron chi connectivity index (χ1n) is 6.50. The molecule has 3 nitrogen and oxygen atoms in total. The standard InChI is InChI=1S/C15H20O3/c1-9(14(17)18)11-4-6-15(3)7-5-13(16)10(2)12(15)8-11/h5,7,10-12H,1,4,6,8H2,2-3H3,(H,17,18)/t10-,11-,12+,15+/m1/s1. The maximum Gasteiger partial charge on any atom is 0.331 e. The fourth-order valence-electron chi connectivity index (χ4n) is 3.46. The number of fused-ring (bicyclic) bond motifs is 1. The highest BCUT2D eigenvalue weighted by atomic mass is 16.4. The van der Waals surface area contributed by atoms with Gasteiger partial charge in [0.2, 0.25) is 0 Å². The molecule has 0 heterocycles. The molecule has 0 aromatic rings. The van der Waals surface area contributed by atoms with E-state index in [9.17, 15) is 9.59 Å². The Morgan fingerprint density at radius 1 is 1.56 bits per heavy atom. The molecule has 0 amide bonds. The van der Waals surface area contributed by atoms with Gasteiger partial charge in [-0.2, -0.15) is 0 Å². The second-order valence-electron chi connectivity index (χ2n) is 5.94. The third-order valence-corrected chi connectivity index (χ3v) is 4.87. The molecule has 2 aliphatic carbocycles. The van der Waals surface area contributed by atoms with E-state index in [2.05, 4.69) is 13.5 Å². The number of carbonyl (C=O) groups is 2. The Kier molecular flexibility index (Phi) is 3.18. The molecule has 0 spiro atoms. The normalized spacial score (nSPS) is 39.2. The van der Waals surface area contributed by atoms with Gasteiger partial charge in [-0.25, -0.2) is 4.79 Å². The van der Waals surface area contributed by atoms with Crippen LogP contribution in [0.5, 0.6) is 0 Å². The number of rotatable bonds is 2. The largest absolute Gasteiger partial charge is 0.478 e. The summed E-state index contributed by atoms with van der Waals surface area (Å²) in [6.07, 6.45) is 6.28. The molecule has 2 rings (SSSR count). The number of hydrogen-bond acceptors (Lipinski definition) is 2. The number of ketones is 1. The molecule has 1 N–H and O–H groups in total. The first-order valence-corrected chi connectivity index (χ1v) is 6.50. The lowest BCUT2D eigenvalue weighted by Crippen LogP contribution is -2.42. The summed E-state index contributed by atoms with van der Waals surface area (Å²) in [7, 11) is 0. The van der Waals surface area contributed by atoms with Crippen LogP contribution in [0.25, 0.3) is 0 Å². The van der Waals surface area contributed by atoms with Crippen LogP contribution in [-0.2, 0) is 9.59 Å². The minimum absolute atomic E-state index is 0.00982. The van der Waals surface area contributed by atoms with Crippen LogP contribution in [0.15, 0.2) is 24.3 Å². The summed E-state index contributed by atoms with van der Waals surface area (Å²) in [4.78, 5) is 22.8. The maximum absolute atomic E-state index is 11.8. The first kappa shape index (κ1) is 13.1. The fourth-order valence-corrected chi connectivity index (χ4v) is 3.46. The fraction of sp³-hybridized carbons (Fsp3) is 0.600. The predicted octanol–water partition coefficient (Wildman–Crippen LogP) is 2.82. The van der Waals surface area contributed by atoms with Crippen LogP contribution >= 0.6 is 0 Å². The molecule has 1 saturated carbocycles. The van der Waals surface area contributed by atoms with Crippen molar-refractivity contribution in [1.82, 2.24) is 0 Å². The molecule has 0 aromatic heterocycles. The van der Waals surface area contributed by atoms with Gasteiger partial charge in [0.25, 0.3) is 0 Å². The monoisotopic (exact) mass is 248 g/mol. The van der Waals surface area contributed by atoms with E-state index < -0.39 is 5.97 Å². The molecule has 98 valence electrons. The third-order valence-electron chi connectivity index (χ3n) is 4.87. The number of carboxylic acids is 1. The number of carboxylic acid groups (broad SMARTS) is 1. The van der Waals surface area contributed by atoms with E-state index in [1.807, 2.05) is 13.0 Å². The molecule has 2 aliphatic rings. The highest BCUT2D eigenvalue weighted by Gasteiger charge is 2.45. The number of hydrogen-bond donors (Lipinski definition) is 1. The summed E-state index contributed by atoms with van der Waals surface area (Å²) in [5.74, 6) is -0.496. The van der Waals surface area contributed by atoms with Crippen molar-refractivity contribution in [3.63, 3.8) is 0 Å². The lowest BCUT2D eigenvalue weighted by molar-refractivity contribution is -0.133. The lowest BCUT2D eigenvalue weighted by Gasteiger charge is -2.47. The zero-order valence-electron chi connectivity index (χ0n) is 11.0. The summed E-state index contributed by atoms with van der Waals surface area (Å²) >= 11 is 0. The Hall–Kier alpha value is -1.38. The average Bonchev–Trinajstić information content (AvgIpc) is 2.33. The van der Waals surface area contributed by atoms with Gasteiger partial charge in [0, 0.05) is 11.5 Å². The van der Waals surface area contributed by atoms with E-state index in [0.29, 0.717) is 5.57 Å². The number of allylic oxidation sites excluding steroid dienone is 2. The van der Waals surface area contributed by atoms with E-state index in [4.69, 9.17) is 5.11 Å². The Bertz CT molecular complexity index is 435. The van der Waals surface area contributed by atoms with Crippen LogP contribution in [0.4, 0.5) is 0 Å². The maximum atomic E-state index is 11.8. The average molecular weight is 248 g/mol. The van der Waals surface area contributed by atoms with E-state index in [1.54, 1.807) is 6.08 Å². The Balaban J connectivity index is 2.22. The molecule has 4 atom stereocenters. The number of aliphatic carboxylic acids is 1. The van der Waals surface area contributed by atoms with Crippen LogP contribution in [0.2, 0.25) is 0 Å². The van der Waals surface area contributed by atoms with Crippen LogP contribution < -0.4 is 0 Å². The molecule has 0 unspecified atom stereocenters. The SMILES string of the molecule is C=C(C(=O)O)[C@@H]1CC[C@@]2(C)C=CC(=O)[C@H](C)[C@@H]2C1. The molecule has 0 aliphatic heterocycles. The quantitative estimate of drug-likeness (QED) is 0.764. The molecular formula is C15H20O3. The summed E-state index contributed by atoms with van der Waals surface area (Å²) in [5.41, 5.74) is 0.342. The molecule has 1 fully saturated rings. The summed E-state index contributed by atoms with van der Waals surface area (Å²) < 4.78 is 0. The van der Waals surface area contributed by atoms with Crippen molar-refractivity contribution in [2.75, 3.05) is 0 Å². The summed E-state index contributed by atoms with van der Waals surface area (Å²) in [6, 6.07) is 0. The molecule has 0 bridgehead atoms. The highest BCUT2D eigenvalue weighted by molar-refractivity contribution is 5.93. The first-order chi connectivity index (χ1) is 8.35. The molecule has 18 heavy (non-hydrogen) atoms. The molecule has 0 saturated heterocycles. The van der Waals surface area contributed by atoms with Crippen LogP contribution in [0.3, 0.4) is 0 Å². The van der Waals surface area contributed by atoms with Crippen molar-refractivity contribution in [3.05, 3.63) is 24.3 Å². The molecule has 0 radical (unpaired) electrons. The van der Waals surface area contributed by atoms with E-state index in [1.165, 1.54) is 0 Å². The van der Waals surface area contributed by atoms with Crippen molar-refractivity contribution >= 4 is 11.8 Å². The van der Waals surface area contributed by atoms with Gasteiger partial charge in [-0.15, -0.1) is 0 Å². The van der Waals surface area contributed by atoms with Gasteiger partial charge in [-0.3, -0.25) is 4.79 Å². The Morgan fingerprint density at radius 3 is 2.83 bits per heavy atom. The number of carbonyl (C=O) groups excluding carboxylic acids is 1. The van der Waals surface area contributed by atoms with E-state index in [0.717, 1.165) is 19.3 Å². The van der Waals surface area contributed by atoms with Gasteiger partial charge in [-0.05, 0) is 42.6 Å². The summed E-state index contributed by atoms with van der Waals surface area (Å²) in [6.45, 7) is 7.82. The van der Waals surface area contributed by atoms with Gasteiger partial charge in [0.1, 0.15) is 0 Å². The van der Waals surface area contributed by atoms with Gasteiger partial charge < -0.3 is 5.11 Å². The topological polar surface area (TPSA) is 54.4 Å². The van der Waals surface area contributed by atoms with Crippen molar-refractivity contribution in [2.24, 2.45) is 23.2 Å².